The standard InChI is InChI=1S/C14H20BrClO/c1-4-5-10(2)9-14(3,17)12-7-6-11(15)8-13(12)16/h6-8,10,17H,4-5,9H2,1-3H3. The zero-order valence-corrected chi connectivity index (χ0v) is 13.0. The van der Waals surface area contributed by atoms with Crippen molar-refractivity contribution in [3.05, 3.63) is 33.3 Å². The summed E-state index contributed by atoms with van der Waals surface area (Å²) >= 11 is 9.56. The monoisotopic (exact) mass is 318 g/mol. The highest BCUT2D eigenvalue weighted by Gasteiger charge is 2.27. The summed E-state index contributed by atoms with van der Waals surface area (Å²) in [4.78, 5) is 0. The lowest BCUT2D eigenvalue weighted by atomic mass is 9.85. The third kappa shape index (κ3) is 4.27. The van der Waals surface area contributed by atoms with E-state index in [1.54, 1.807) is 0 Å². The second kappa shape index (κ2) is 6.21. The molecule has 0 aliphatic heterocycles. The van der Waals surface area contributed by atoms with Crippen LogP contribution in [-0.2, 0) is 5.60 Å². The third-order valence-electron chi connectivity index (χ3n) is 3.04. The van der Waals surface area contributed by atoms with Gasteiger partial charge in [-0.1, -0.05) is 60.3 Å². The minimum Gasteiger partial charge on any atom is -0.385 e. The highest BCUT2D eigenvalue weighted by molar-refractivity contribution is 9.10. The van der Waals surface area contributed by atoms with Crippen molar-refractivity contribution in [2.75, 3.05) is 0 Å². The summed E-state index contributed by atoms with van der Waals surface area (Å²) in [6, 6.07) is 5.64. The van der Waals surface area contributed by atoms with E-state index in [1.165, 1.54) is 0 Å². The molecule has 1 aromatic carbocycles. The first-order valence-electron chi connectivity index (χ1n) is 6.04. The first kappa shape index (κ1) is 15.0. The van der Waals surface area contributed by atoms with Gasteiger partial charge < -0.3 is 5.11 Å². The summed E-state index contributed by atoms with van der Waals surface area (Å²) in [7, 11) is 0. The quantitative estimate of drug-likeness (QED) is 0.797. The zero-order chi connectivity index (χ0) is 13.1. The van der Waals surface area contributed by atoms with Crippen LogP contribution in [0.2, 0.25) is 5.02 Å². The van der Waals surface area contributed by atoms with Crippen LogP contribution in [0.1, 0.15) is 45.6 Å². The van der Waals surface area contributed by atoms with E-state index in [2.05, 4.69) is 29.8 Å². The lowest BCUT2D eigenvalue weighted by Gasteiger charge is -2.28. The highest BCUT2D eigenvalue weighted by atomic mass is 79.9. The van der Waals surface area contributed by atoms with Crippen molar-refractivity contribution in [3.8, 4) is 0 Å². The van der Waals surface area contributed by atoms with E-state index in [1.807, 2.05) is 25.1 Å². The number of hydrogen-bond donors (Lipinski definition) is 1. The summed E-state index contributed by atoms with van der Waals surface area (Å²) in [5.41, 5.74) is -0.0443. The molecule has 0 fully saturated rings. The van der Waals surface area contributed by atoms with Gasteiger partial charge in [0.15, 0.2) is 0 Å². The molecule has 0 spiro atoms. The van der Waals surface area contributed by atoms with Gasteiger partial charge in [-0.05, 0) is 31.4 Å². The Labute approximate surface area is 117 Å². The lowest BCUT2D eigenvalue weighted by Crippen LogP contribution is -2.24. The van der Waals surface area contributed by atoms with Crippen LogP contribution in [0.15, 0.2) is 22.7 Å². The molecule has 0 amide bonds. The van der Waals surface area contributed by atoms with Crippen LogP contribution in [-0.4, -0.2) is 5.11 Å². The minimum atomic E-state index is -0.855. The predicted octanol–water partition coefficient (Wildman–Crippen LogP) is 5.14. The average molecular weight is 320 g/mol. The first-order valence-corrected chi connectivity index (χ1v) is 7.22. The topological polar surface area (TPSA) is 20.2 Å². The maximum absolute atomic E-state index is 10.6. The third-order valence-corrected chi connectivity index (χ3v) is 3.84. The molecule has 2 atom stereocenters. The van der Waals surface area contributed by atoms with E-state index in [4.69, 9.17) is 11.6 Å². The maximum atomic E-state index is 10.6. The minimum absolute atomic E-state index is 0.495. The van der Waals surface area contributed by atoms with Crippen molar-refractivity contribution in [3.63, 3.8) is 0 Å². The van der Waals surface area contributed by atoms with Crippen LogP contribution >= 0.6 is 27.5 Å². The van der Waals surface area contributed by atoms with E-state index in [0.717, 1.165) is 29.3 Å². The fourth-order valence-corrected chi connectivity index (χ4v) is 3.19. The van der Waals surface area contributed by atoms with Crippen LogP contribution in [0.3, 0.4) is 0 Å². The number of rotatable bonds is 5. The highest BCUT2D eigenvalue weighted by Crippen LogP contribution is 2.35. The Balaban J connectivity index is 2.88. The van der Waals surface area contributed by atoms with Crippen molar-refractivity contribution >= 4 is 27.5 Å². The summed E-state index contributed by atoms with van der Waals surface area (Å²) in [6.07, 6.45) is 3.01. The molecule has 3 heteroatoms. The molecular formula is C14H20BrClO. The second-order valence-corrected chi connectivity index (χ2v) is 6.32. The molecule has 0 heterocycles. The Hall–Kier alpha value is -0.0500. The number of halogens is 2. The van der Waals surface area contributed by atoms with Crippen LogP contribution in [0.25, 0.3) is 0 Å². The predicted molar refractivity (Wildman–Crippen MR) is 77.4 cm³/mol. The molecule has 0 aliphatic carbocycles. The Morgan fingerprint density at radius 1 is 1.47 bits per heavy atom. The molecule has 1 N–H and O–H groups in total. The van der Waals surface area contributed by atoms with Gasteiger partial charge in [-0.3, -0.25) is 0 Å². The van der Waals surface area contributed by atoms with Gasteiger partial charge >= 0.3 is 0 Å². The van der Waals surface area contributed by atoms with Crippen LogP contribution in [0, 0.1) is 5.92 Å². The average Bonchev–Trinajstić information content (AvgIpc) is 2.15. The molecule has 0 aromatic heterocycles. The van der Waals surface area contributed by atoms with Gasteiger partial charge in [0, 0.05) is 15.1 Å². The van der Waals surface area contributed by atoms with Crippen molar-refractivity contribution in [2.24, 2.45) is 5.92 Å². The van der Waals surface area contributed by atoms with E-state index in [9.17, 15) is 5.11 Å². The normalized spacial score (nSPS) is 16.6. The van der Waals surface area contributed by atoms with Gasteiger partial charge in [-0.25, -0.2) is 0 Å². The maximum Gasteiger partial charge on any atom is 0.0885 e. The number of benzene rings is 1. The first-order chi connectivity index (χ1) is 7.86. The van der Waals surface area contributed by atoms with Gasteiger partial charge in [-0.2, -0.15) is 0 Å². The largest absolute Gasteiger partial charge is 0.385 e. The lowest BCUT2D eigenvalue weighted by molar-refractivity contribution is 0.0312. The van der Waals surface area contributed by atoms with Crippen LogP contribution in [0.5, 0.6) is 0 Å². The molecule has 0 aliphatic rings. The molecule has 1 nitrogen and oxygen atoms in total. The summed E-state index contributed by atoms with van der Waals surface area (Å²) in [5.74, 6) is 0.495. The molecule has 0 saturated heterocycles. The second-order valence-electron chi connectivity index (χ2n) is 5.00. The number of aliphatic hydroxyl groups is 1. The van der Waals surface area contributed by atoms with Gasteiger partial charge in [0.25, 0.3) is 0 Å². The smallest absolute Gasteiger partial charge is 0.0885 e. The molecule has 17 heavy (non-hydrogen) atoms. The van der Waals surface area contributed by atoms with Crippen LogP contribution in [0.4, 0.5) is 0 Å². The molecule has 0 saturated carbocycles. The Morgan fingerprint density at radius 2 is 2.12 bits per heavy atom. The fourth-order valence-electron chi connectivity index (χ4n) is 2.31. The van der Waals surface area contributed by atoms with Gasteiger partial charge in [-0.15, -0.1) is 0 Å². The van der Waals surface area contributed by atoms with E-state index < -0.39 is 5.60 Å². The number of hydrogen-bond acceptors (Lipinski definition) is 1. The molecule has 0 bridgehead atoms. The van der Waals surface area contributed by atoms with Crippen molar-refractivity contribution in [1.82, 2.24) is 0 Å². The summed E-state index contributed by atoms with van der Waals surface area (Å²) < 4.78 is 0.934. The van der Waals surface area contributed by atoms with Crippen molar-refractivity contribution in [2.45, 2.75) is 45.6 Å². The van der Waals surface area contributed by atoms with Gasteiger partial charge in [0.2, 0.25) is 0 Å². The Morgan fingerprint density at radius 3 is 2.65 bits per heavy atom. The molecule has 2 unspecified atom stereocenters. The molecule has 96 valence electrons. The summed E-state index contributed by atoms with van der Waals surface area (Å²) in [5, 5.41) is 11.2. The van der Waals surface area contributed by atoms with Gasteiger partial charge in [0.1, 0.15) is 0 Å². The fraction of sp³-hybridized carbons (Fsp3) is 0.571. The SMILES string of the molecule is CCCC(C)CC(C)(O)c1ccc(Br)cc1Cl. The Bertz CT molecular complexity index is 376. The van der Waals surface area contributed by atoms with Crippen molar-refractivity contribution in [1.29, 1.82) is 0 Å². The van der Waals surface area contributed by atoms with E-state index in [0.29, 0.717) is 10.9 Å². The van der Waals surface area contributed by atoms with E-state index in [-0.39, 0.29) is 0 Å². The molecule has 0 radical (unpaired) electrons. The molecular weight excluding hydrogens is 300 g/mol. The summed E-state index contributed by atoms with van der Waals surface area (Å²) in [6.45, 7) is 6.18. The van der Waals surface area contributed by atoms with Gasteiger partial charge in [0.05, 0.1) is 5.60 Å². The molecule has 1 aromatic rings. The van der Waals surface area contributed by atoms with Crippen molar-refractivity contribution < 1.29 is 5.11 Å². The van der Waals surface area contributed by atoms with Crippen LogP contribution < -0.4 is 0 Å². The molecule has 1 rings (SSSR count). The zero-order valence-electron chi connectivity index (χ0n) is 10.6. The Kier molecular flexibility index (Phi) is 5.49. The van der Waals surface area contributed by atoms with E-state index >= 15 is 0 Å².